The Bertz CT molecular complexity index is 501. The minimum Gasteiger partial charge on any atom is -0.424 e. The van der Waals surface area contributed by atoms with Crippen LogP contribution in [0.25, 0.3) is 0 Å². The highest BCUT2D eigenvalue weighted by Gasteiger charge is 2.03. The van der Waals surface area contributed by atoms with Crippen LogP contribution in [0, 0.1) is 3.57 Å². The Morgan fingerprint density at radius 1 is 1.25 bits per heavy atom. The molecular weight excluding hydrogens is 385 g/mol. The quantitative estimate of drug-likeness (QED) is 0.630. The van der Waals surface area contributed by atoms with Crippen molar-refractivity contribution in [3.05, 3.63) is 38.5 Å². The second-order valence-electron chi connectivity index (χ2n) is 2.96. The highest BCUT2D eigenvalue weighted by molar-refractivity contribution is 14.1. The number of anilines is 1. The van der Waals surface area contributed by atoms with Crippen molar-refractivity contribution in [1.82, 2.24) is 9.97 Å². The number of hydrogen-bond donors (Lipinski definition) is 1. The van der Waals surface area contributed by atoms with E-state index in [1.165, 1.54) is 0 Å². The number of nitrogens with two attached hydrogens (primary N) is 1. The van der Waals surface area contributed by atoms with Gasteiger partial charge >= 0.3 is 6.01 Å². The van der Waals surface area contributed by atoms with Crippen molar-refractivity contribution in [2.45, 2.75) is 0 Å². The molecule has 0 atom stereocenters. The lowest BCUT2D eigenvalue weighted by atomic mass is 10.3. The van der Waals surface area contributed by atoms with E-state index in [0.29, 0.717) is 16.2 Å². The second-order valence-corrected chi connectivity index (χ2v) is 5.02. The van der Waals surface area contributed by atoms with E-state index in [4.69, 9.17) is 10.5 Å². The largest absolute Gasteiger partial charge is 0.424 e. The predicted octanol–water partition coefficient (Wildman–Crippen LogP) is 3.22. The summed E-state index contributed by atoms with van der Waals surface area (Å²) in [6.45, 7) is 0. The number of aromatic nitrogens is 2. The van der Waals surface area contributed by atoms with Gasteiger partial charge in [-0.3, -0.25) is 0 Å². The Labute approximate surface area is 115 Å². The Morgan fingerprint density at radius 2 is 2.06 bits per heavy atom. The fourth-order valence-electron chi connectivity index (χ4n) is 1.09. The molecule has 1 aromatic carbocycles. The molecule has 1 heterocycles. The molecule has 0 spiro atoms. The lowest BCUT2D eigenvalue weighted by molar-refractivity contribution is 0.441. The first-order chi connectivity index (χ1) is 7.63. The van der Waals surface area contributed by atoms with Crippen LogP contribution in [0.15, 0.2) is 34.9 Å². The van der Waals surface area contributed by atoms with Crippen LogP contribution in [0.4, 0.5) is 5.82 Å². The van der Waals surface area contributed by atoms with Gasteiger partial charge in [-0.2, -0.15) is 9.97 Å². The van der Waals surface area contributed by atoms with Crippen LogP contribution in [0.5, 0.6) is 11.8 Å². The van der Waals surface area contributed by atoms with Gasteiger partial charge in [0.2, 0.25) is 0 Å². The Hall–Kier alpha value is -0.890. The highest BCUT2D eigenvalue weighted by atomic mass is 127. The van der Waals surface area contributed by atoms with Crippen molar-refractivity contribution in [3.8, 4) is 11.8 Å². The van der Waals surface area contributed by atoms with E-state index in [0.717, 1.165) is 3.57 Å². The molecular formula is C10H7BrIN3O. The fraction of sp³-hybridized carbons (Fsp3) is 0. The molecule has 0 bridgehead atoms. The average molecular weight is 392 g/mol. The molecule has 2 aromatic rings. The zero-order valence-corrected chi connectivity index (χ0v) is 11.8. The van der Waals surface area contributed by atoms with Crippen molar-refractivity contribution in [3.63, 3.8) is 0 Å². The number of halogens is 2. The minimum absolute atomic E-state index is 0.230. The molecule has 0 amide bonds. The maximum absolute atomic E-state index is 5.58. The van der Waals surface area contributed by atoms with Crippen LogP contribution in [-0.2, 0) is 0 Å². The average Bonchev–Trinajstić information content (AvgIpc) is 2.15. The number of hydrogen-bond acceptors (Lipinski definition) is 4. The van der Waals surface area contributed by atoms with E-state index >= 15 is 0 Å². The third kappa shape index (κ3) is 3.05. The van der Waals surface area contributed by atoms with E-state index in [9.17, 15) is 0 Å². The SMILES string of the molecule is Nc1cc(Br)nc(Oc2cccc(I)c2)n1. The molecule has 2 N–H and O–H groups in total. The number of nitrogen functional groups attached to an aromatic ring is 1. The number of rotatable bonds is 2. The van der Waals surface area contributed by atoms with E-state index in [1.54, 1.807) is 6.07 Å². The monoisotopic (exact) mass is 391 g/mol. The number of nitrogens with zero attached hydrogens (tertiary/aromatic N) is 2. The Balaban J connectivity index is 2.27. The van der Waals surface area contributed by atoms with Crippen LogP contribution in [0.3, 0.4) is 0 Å². The summed E-state index contributed by atoms with van der Waals surface area (Å²) < 4.78 is 7.16. The van der Waals surface area contributed by atoms with Crippen LogP contribution < -0.4 is 10.5 Å². The van der Waals surface area contributed by atoms with E-state index in [1.807, 2.05) is 24.3 Å². The smallest absolute Gasteiger partial charge is 0.325 e. The first-order valence-corrected chi connectivity index (χ1v) is 6.24. The molecule has 82 valence electrons. The van der Waals surface area contributed by atoms with Crippen molar-refractivity contribution in [2.75, 3.05) is 5.73 Å². The predicted molar refractivity (Wildman–Crippen MR) is 73.4 cm³/mol. The van der Waals surface area contributed by atoms with Gasteiger partial charge in [0.25, 0.3) is 0 Å². The molecule has 1 aromatic heterocycles. The lowest BCUT2D eigenvalue weighted by Crippen LogP contribution is -1.97. The summed E-state index contributed by atoms with van der Waals surface area (Å²) in [5.74, 6) is 1.05. The highest BCUT2D eigenvalue weighted by Crippen LogP contribution is 2.22. The van der Waals surface area contributed by atoms with E-state index in [2.05, 4.69) is 48.5 Å². The lowest BCUT2D eigenvalue weighted by Gasteiger charge is -2.04. The van der Waals surface area contributed by atoms with Gasteiger partial charge in [0.05, 0.1) is 0 Å². The standard InChI is InChI=1S/C10H7BrIN3O/c11-8-5-9(13)15-10(14-8)16-7-3-1-2-6(12)4-7/h1-5H,(H2,13,14,15). The third-order valence-electron chi connectivity index (χ3n) is 1.70. The van der Waals surface area contributed by atoms with Crippen LogP contribution in [0.1, 0.15) is 0 Å². The maximum Gasteiger partial charge on any atom is 0.325 e. The van der Waals surface area contributed by atoms with Crippen molar-refractivity contribution in [2.24, 2.45) is 0 Å². The summed E-state index contributed by atoms with van der Waals surface area (Å²) >= 11 is 5.43. The first kappa shape index (κ1) is 11.6. The Morgan fingerprint density at radius 3 is 2.75 bits per heavy atom. The summed E-state index contributed by atoms with van der Waals surface area (Å²) in [5, 5.41) is 0. The summed E-state index contributed by atoms with van der Waals surface area (Å²) in [4.78, 5) is 8.03. The molecule has 0 unspecified atom stereocenters. The van der Waals surface area contributed by atoms with E-state index < -0.39 is 0 Å². The molecule has 0 saturated heterocycles. The van der Waals surface area contributed by atoms with Crippen LogP contribution in [0.2, 0.25) is 0 Å². The van der Waals surface area contributed by atoms with Gasteiger partial charge in [-0.25, -0.2) is 0 Å². The summed E-state index contributed by atoms with van der Waals surface area (Å²) in [6, 6.07) is 9.45. The van der Waals surface area contributed by atoms with Gasteiger partial charge in [-0.05, 0) is 56.7 Å². The van der Waals surface area contributed by atoms with Gasteiger partial charge in [-0.1, -0.05) is 6.07 Å². The molecule has 0 saturated carbocycles. The molecule has 0 aliphatic rings. The molecule has 0 aliphatic carbocycles. The summed E-state index contributed by atoms with van der Waals surface area (Å²) in [5.41, 5.74) is 5.58. The zero-order valence-electron chi connectivity index (χ0n) is 8.02. The number of benzene rings is 1. The third-order valence-corrected chi connectivity index (χ3v) is 2.78. The van der Waals surface area contributed by atoms with E-state index in [-0.39, 0.29) is 6.01 Å². The van der Waals surface area contributed by atoms with Gasteiger partial charge in [-0.15, -0.1) is 0 Å². The van der Waals surface area contributed by atoms with Gasteiger partial charge in [0, 0.05) is 9.64 Å². The van der Waals surface area contributed by atoms with Crippen molar-refractivity contribution >= 4 is 44.3 Å². The summed E-state index contributed by atoms with van der Waals surface area (Å²) in [7, 11) is 0. The van der Waals surface area contributed by atoms with Gasteiger partial charge < -0.3 is 10.5 Å². The van der Waals surface area contributed by atoms with Gasteiger partial charge in [0.1, 0.15) is 16.2 Å². The molecule has 0 radical (unpaired) electrons. The number of ether oxygens (including phenoxy) is 1. The molecule has 6 heteroatoms. The molecule has 16 heavy (non-hydrogen) atoms. The topological polar surface area (TPSA) is 61.0 Å². The van der Waals surface area contributed by atoms with Crippen molar-refractivity contribution < 1.29 is 4.74 Å². The molecule has 0 aliphatic heterocycles. The van der Waals surface area contributed by atoms with Crippen LogP contribution >= 0.6 is 38.5 Å². The normalized spacial score (nSPS) is 10.1. The second kappa shape index (κ2) is 4.96. The molecule has 0 fully saturated rings. The fourth-order valence-corrected chi connectivity index (χ4v) is 2.00. The zero-order chi connectivity index (χ0) is 11.5. The van der Waals surface area contributed by atoms with Crippen LogP contribution in [-0.4, -0.2) is 9.97 Å². The van der Waals surface area contributed by atoms with Gasteiger partial charge in [0.15, 0.2) is 0 Å². The summed E-state index contributed by atoms with van der Waals surface area (Å²) in [6.07, 6.45) is 0. The molecule has 4 nitrogen and oxygen atoms in total. The first-order valence-electron chi connectivity index (χ1n) is 4.37. The minimum atomic E-state index is 0.230. The Kier molecular flexibility index (Phi) is 3.59. The maximum atomic E-state index is 5.58. The van der Waals surface area contributed by atoms with Crippen molar-refractivity contribution in [1.29, 1.82) is 0 Å². The molecule has 2 rings (SSSR count).